The Labute approximate surface area is 208 Å². The lowest BCUT2D eigenvalue weighted by molar-refractivity contribution is -0.116. The first-order valence-corrected chi connectivity index (χ1v) is 11.3. The van der Waals surface area contributed by atoms with Crippen LogP contribution in [0.1, 0.15) is 17.9 Å². The van der Waals surface area contributed by atoms with Gasteiger partial charge in [-0.3, -0.25) is 4.79 Å². The first-order valence-electron chi connectivity index (χ1n) is 11.3. The number of aromatic nitrogens is 4. The number of nitrogens with two attached hydrogens (primary N) is 1. The van der Waals surface area contributed by atoms with E-state index in [9.17, 15) is 4.79 Å². The molecule has 188 valence electrons. The van der Waals surface area contributed by atoms with E-state index in [4.69, 9.17) is 30.0 Å². The monoisotopic (exact) mass is 491 g/mol. The molecular formula is C25H29N7O4. The Hall–Kier alpha value is -4.38. The molecule has 0 aliphatic rings. The highest BCUT2D eigenvalue weighted by atomic mass is 16.5. The van der Waals surface area contributed by atoms with Crippen molar-refractivity contribution in [1.29, 1.82) is 0 Å². The summed E-state index contributed by atoms with van der Waals surface area (Å²) < 4.78 is 18.2. The highest BCUT2D eigenvalue weighted by Gasteiger charge is 2.18. The predicted octanol–water partition coefficient (Wildman–Crippen LogP) is 3.46. The number of rotatable bonds is 9. The standard InChI is InChI=1S/C25H29N7O4/c1-14-22-25(29-18-12-19(34-3)23(36-5)20(13-18)35-4)30-24(31-32(22)15(2)27-14)16-6-8-17(9-7-16)28-21(33)10-11-26/h6-9,12-13H,10-11,26H2,1-5H3,(H,28,33)(H,29,30,31). The fourth-order valence-corrected chi connectivity index (χ4v) is 3.88. The number of aryl methyl sites for hydroxylation is 2. The Morgan fingerprint density at radius 3 is 2.22 bits per heavy atom. The van der Waals surface area contributed by atoms with Crippen LogP contribution in [0.25, 0.3) is 16.9 Å². The summed E-state index contributed by atoms with van der Waals surface area (Å²) >= 11 is 0. The van der Waals surface area contributed by atoms with Gasteiger partial charge in [0, 0.05) is 42.0 Å². The lowest BCUT2D eigenvalue weighted by Crippen LogP contribution is -2.16. The summed E-state index contributed by atoms with van der Waals surface area (Å²) in [6, 6.07) is 10.9. The van der Waals surface area contributed by atoms with Crippen LogP contribution in [0.15, 0.2) is 36.4 Å². The fraction of sp³-hybridized carbons (Fsp3) is 0.280. The summed E-state index contributed by atoms with van der Waals surface area (Å²) in [7, 11) is 4.68. The minimum atomic E-state index is -0.135. The van der Waals surface area contributed by atoms with E-state index in [-0.39, 0.29) is 12.3 Å². The van der Waals surface area contributed by atoms with E-state index >= 15 is 0 Å². The number of hydrogen-bond acceptors (Lipinski definition) is 9. The van der Waals surface area contributed by atoms with Gasteiger partial charge < -0.3 is 30.6 Å². The van der Waals surface area contributed by atoms with Crippen LogP contribution in [0.4, 0.5) is 17.2 Å². The van der Waals surface area contributed by atoms with E-state index in [1.807, 2.05) is 26.0 Å². The van der Waals surface area contributed by atoms with E-state index in [1.54, 1.807) is 50.1 Å². The molecule has 0 saturated carbocycles. The summed E-state index contributed by atoms with van der Waals surface area (Å²) in [6.07, 6.45) is 0.261. The number of nitrogens with zero attached hydrogens (tertiary/aromatic N) is 4. The first-order chi connectivity index (χ1) is 17.4. The van der Waals surface area contributed by atoms with Gasteiger partial charge in [0.05, 0.1) is 27.0 Å². The van der Waals surface area contributed by atoms with Crippen molar-refractivity contribution in [3.05, 3.63) is 47.9 Å². The average molecular weight is 492 g/mol. The minimum absolute atomic E-state index is 0.135. The van der Waals surface area contributed by atoms with Crippen molar-refractivity contribution in [2.45, 2.75) is 20.3 Å². The summed E-state index contributed by atoms with van der Waals surface area (Å²) in [4.78, 5) is 21.2. The number of ether oxygens (including phenoxy) is 3. The van der Waals surface area contributed by atoms with Gasteiger partial charge in [-0.1, -0.05) is 0 Å². The van der Waals surface area contributed by atoms with Crippen molar-refractivity contribution in [3.63, 3.8) is 0 Å². The van der Waals surface area contributed by atoms with Crippen LogP contribution in [0.2, 0.25) is 0 Å². The lowest BCUT2D eigenvalue weighted by Gasteiger charge is -2.16. The Balaban J connectivity index is 1.76. The summed E-state index contributed by atoms with van der Waals surface area (Å²) in [5.41, 5.74) is 9.11. The zero-order valence-corrected chi connectivity index (χ0v) is 20.9. The third-order valence-corrected chi connectivity index (χ3v) is 5.55. The van der Waals surface area contributed by atoms with Gasteiger partial charge in [-0.15, -0.1) is 5.10 Å². The smallest absolute Gasteiger partial charge is 0.225 e. The molecule has 4 N–H and O–H groups in total. The van der Waals surface area contributed by atoms with Gasteiger partial charge in [-0.05, 0) is 38.1 Å². The number of fused-ring (bicyclic) bond motifs is 1. The summed E-state index contributed by atoms with van der Waals surface area (Å²) in [5.74, 6) is 3.16. The van der Waals surface area contributed by atoms with E-state index in [2.05, 4.69) is 15.6 Å². The van der Waals surface area contributed by atoms with Gasteiger partial charge in [-0.25, -0.2) is 14.5 Å². The zero-order chi connectivity index (χ0) is 25.8. The number of imidazole rings is 1. The molecule has 36 heavy (non-hydrogen) atoms. The quantitative estimate of drug-likeness (QED) is 0.321. The van der Waals surface area contributed by atoms with Crippen LogP contribution in [-0.2, 0) is 4.79 Å². The van der Waals surface area contributed by atoms with E-state index in [0.717, 1.165) is 22.6 Å². The number of nitrogens with one attached hydrogen (secondary N) is 2. The van der Waals surface area contributed by atoms with Crippen molar-refractivity contribution in [2.75, 3.05) is 38.5 Å². The van der Waals surface area contributed by atoms with Crippen molar-refractivity contribution >= 4 is 28.6 Å². The maximum atomic E-state index is 11.8. The second-order valence-corrected chi connectivity index (χ2v) is 7.99. The lowest BCUT2D eigenvalue weighted by atomic mass is 10.2. The summed E-state index contributed by atoms with van der Waals surface area (Å²) in [5, 5.41) is 10.9. The molecule has 0 unspecified atom stereocenters. The molecule has 1 amide bonds. The minimum Gasteiger partial charge on any atom is -0.493 e. The second kappa shape index (κ2) is 10.5. The average Bonchev–Trinajstić information content (AvgIpc) is 3.17. The number of anilines is 3. The number of carbonyl (C=O) groups excluding carboxylic acids is 1. The largest absolute Gasteiger partial charge is 0.493 e. The normalized spacial score (nSPS) is 10.8. The molecule has 0 aliphatic carbocycles. The first kappa shape index (κ1) is 24.7. The Morgan fingerprint density at radius 2 is 1.64 bits per heavy atom. The molecule has 0 fully saturated rings. The Bertz CT molecular complexity index is 1380. The van der Waals surface area contributed by atoms with Crippen LogP contribution in [0.3, 0.4) is 0 Å². The van der Waals surface area contributed by atoms with Crippen LogP contribution in [0, 0.1) is 13.8 Å². The van der Waals surface area contributed by atoms with Crippen LogP contribution in [-0.4, -0.2) is 53.4 Å². The highest BCUT2D eigenvalue weighted by Crippen LogP contribution is 2.41. The number of carbonyl (C=O) groups is 1. The SMILES string of the molecule is COc1cc(Nc2nc(-c3ccc(NC(=O)CCN)cc3)nn3c(C)nc(C)c23)cc(OC)c1OC. The second-order valence-electron chi connectivity index (χ2n) is 7.99. The Kier molecular flexibility index (Phi) is 7.20. The zero-order valence-electron chi connectivity index (χ0n) is 20.9. The molecule has 2 heterocycles. The van der Waals surface area contributed by atoms with Crippen molar-refractivity contribution in [2.24, 2.45) is 5.73 Å². The van der Waals surface area contributed by atoms with Crippen molar-refractivity contribution < 1.29 is 19.0 Å². The molecule has 0 spiro atoms. The van der Waals surface area contributed by atoms with E-state index in [1.165, 1.54) is 0 Å². The molecule has 2 aromatic heterocycles. The molecule has 0 radical (unpaired) electrons. The Morgan fingerprint density at radius 1 is 0.972 bits per heavy atom. The molecule has 4 aromatic rings. The van der Waals surface area contributed by atoms with Gasteiger partial charge >= 0.3 is 0 Å². The molecule has 11 heteroatoms. The van der Waals surface area contributed by atoms with Gasteiger partial charge in [0.15, 0.2) is 23.1 Å². The molecule has 11 nitrogen and oxygen atoms in total. The van der Waals surface area contributed by atoms with Crippen LogP contribution < -0.4 is 30.6 Å². The third kappa shape index (κ3) is 4.86. The number of hydrogen-bond donors (Lipinski definition) is 3. The maximum Gasteiger partial charge on any atom is 0.225 e. The molecule has 4 rings (SSSR count). The maximum absolute atomic E-state index is 11.8. The van der Waals surface area contributed by atoms with E-state index in [0.29, 0.717) is 46.8 Å². The number of amides is 1. The van der Waals surface area contributed by atoms with Gasteiger partial charge in [0.1, 0.15) is 11.3 Å². The molecule has 0 aliphatic heterocycles. The van der Waals surface area contributed by atoms with Crippen molar-refractivity contribution in [3.8, 4) is 28.6 Å². The third-order valence-electron chi connectivity index (χ3n) is 5.55. The molecule has 0 bridgehead atoms. The van der Waals surface area contributed by atoms with Crippen LogP contribution >= 0.6 is 0 Å². The number of methoxy groups -OCH3 is 3. The van der Waals surface area contributed by atoms with Gasteiger partial charge in [0.2, 0.25) is 11.7 Å². The fourth-order valence-electron chi connectivity index (χ4n) is 3.88. The van der Waals surface area contributed by atoms with Crippen molar-refractivity contribution in [1.82, 2.24) is 19.6 Å². The van der Waals surface area contributed by atoms with Gasteiger partial charge in [-0.2, -0.15) is 0 Å². The van der Waals surface area contributed by atoms with Crippen LogP contribution in [0.5, 0.6) is 17.2 Å². The van der Waals surface area contributed by atoms with Gasteiger partial charge in [0.25, 0.3) is 0 Å². The van der Waals surface area contributed by atoms with E-state index < -0.39 is 0 Å². The highest BCUT2D eigenvalue weighted by molar-refractivity contribution is 5.91. The summed E-state index contributed by atoms with van der Waals surface area (Å²) in [6.45, 7) is 4.09. The molecular weight excluding hydrogens is 462 g/mol. The number of benzene rings is 2. The topological polar surface area (TPSA) is 138 Å². The molecule has 2 aromatic carbocycles. The molecule has 0 atom stereocenters. The molecule has 0 saturated heterocycles. The predicted molar refractivity (Wildman–Crippen MR) is 137 cm³/mol.